The first-order valence-electron chi connectivity index (χ1n) is 14.5. The number of carbonyl (C=O) groups is 2. The van der Waals surface area contributed by atoms with Crippen LogP contribution >= 0.6 is 23.2 Å². The van der Waals surface area contributed by atoms with Gasteiger partial charge >= 0.3 is 0 Å². The number of hydrogen-bond donors (Lipinski definition) is 4. The Hall–Kier alpha value is -3.44. The monoisotopic (exact) mass is 657 g/mol. The van der Waals surface area contributed by atoms with Crippen molar-refractivity contribution in [3.63, 3.8) is 0 Å². The van der Waals surface area contributed by atoms with Gasteiger partial charge in [-0.1, -0.05) is 59.6 Å². The van der Waals surface area contributed by atoms with Crippen molar-refractivity contribution in [3.05, 3.63) is 87.9 Å². The quantitative estimate of drug-likeness (QED) is 0.160. The van der Waals surface area contributed by atoms with E-state index in [2.05, 4.69) is 10.0 Å². The molecule has 12 heteroatoms. The number of halogens is 2. The van der Waals surface area contributed by atoms with Gasteiger partial charge < -0.3 is 16.0 Å². The minimum atomic E-state index is -4.13. The van der Waals surface area contributed by atoms with Crippen LogP contribution in [0, 0.1) is 11.3 Å². The summed E-state index contributed by atoms with van der Waals surface area (Å²) in [6.45, 7) is 1.00. The highest BCUT2D eigenvalue weighted by Crippen LogP contribution is 2.30. The van der Waals surface area contributed by atoms with Gasteiger partial charge in [0.15, 0.2) is 0 Å². The van der Waals surface area contributed by atoms with Crippen LogP contribution < -0.4 is 15.8 Å². The zero-order chi connectivity index (χ0) is 31.9. The SMILES string of the molecule is CNC(=O)CCCC1CCN(C(=O)[C@H](Cc2cccc(C(=N)N)c2)NS(=O)(=O)c2cccc(-c3ccc(Cl)c(Cl)c3)c2)CC1. The third-order valence-electron chi connectivity index (χ3n) is 7.89. The first-order chi connectivity index (χ1) is 21.0. The Balaban J connectivity index is 1.54. The van der Waals surface area contributed by atoms with Crippen LogP contribution in [0.4, 0.5) is 0 Å². The predicted octanol–water partition coefficient (Wildman–Crippen LogP) is 4.99. The highest BCUT2D eigenvalue weighted by Gasteiger charge is 2.32. The molecule has 3 aromatic carbocycles. The van der Waals surface area contributed by atoms with Gasteiger partial charge in [-0.05, 0) is 85.0 Å². The van der Waals surface area contributed by atoms with Crippen LogP contribution in [0.3, 0.4) is 0 Å². The van der Waals surface area contributed by atoms with Gasteiger partial charge in [-0.25, -0.2) is 8.42 Å². The number of nitrogens with one attached hydrogen (secondary N) is 3. The molecular formula is C32H37Cl2N5O4S. The van der Waals surface area contributed by atoms with E-state index in [1.807, 2.05) is 0 Å². The minimum Gasteiger partial charge on any atom is -0.384 e. The number of likely N-dealkylation sites (tertiary alicyclic amines) is 1. The Morgan fingerprint density at radius 2 is 1.70 bits per heavy atom. The number of rotatable bonds is 12. The number of amides is 2. The summed E-state index contributed by atoms with van der Waals surface area (Å²) in [5.41, 5.74) is 8.17. The first-order valence-corrected chi connectivity index (χ1v) is 16.7. The zero-order valence-corrected chi connectivity index (χ0v) is 26.8. The second kappa shape index (κ2) is 15.0. The van der Waals surface area contributed by atoms with Crippen LogP contribution in [0.1, 0.15) is 43.2 Å². The van der Waals surface area contributed by atoms with E-state index in [9.17, 15) is 18.0 Å². The number of nitrogen functional groups attached to an aromatic ring is 1. The maximum atomic E-state index is 13.9. The molecule has 3 aromatic rings. The van der Waals surface area contributed by atoms with Gasteiger partial charge in [0.05, 0.1) is 14.9 Å². The van der Waals surface area contributed by atoms with Gasteiger partial charge in [-0.15, -0.1) is 0 Å². The fraction of sp³-hybridized carbons (Fsp3) is 0.344. The standard InChI is InChI=1S/C32H37Cl2N5O4S/c1-37-30(40)10-3-5-21-13-15-39(16-14-21)32(41)29(18-22-6-2-8-25(17-22)31(35)36)38-44(42,43)26-9-4-7-23(19-26)24-11-12-27(33)28(34)20-24/h2,4,6-9,11-12,17,19-21,29,38H,3,5,10,13-16,18H2,1H3,(H3,35,36)(H,37,40)/t29-/m0/s1. The fourth-order valence-electron chi connectivity index (χ4n) is 5.39. The summed E-state index contributed by atoms with van der Waals surface area (Å²) in [5, 5.41) is 11.2. The maximum Gasteiger partial charge on any atom is 0.241 e. The zero-order valence-electron chi connectivity index (χ0n) is 24.5. The molecule has 4 rings (SSSR count). The van der Waals surface area contributed by atoms with Crippen molar-refractivity contribution in [2.24, 2.45) is 11.7 Å². The van der Waals surface area contributed by atoms with Crippen molar-refractivity contribution in [1.29, 1.82) is 5.41 Å². The molecule has 234 valence electrons. The lowest BCUT2D eigenvalue weighted by atomic mass is 9.91. The van der Waals surface area contributed by atoms with E-state index in [-0.39, 0.29) is 29.0 Å². The Kier molecular flexibility index (Phi) is 11.4. The Labute approximate surface area is 268 Å². The first kappa shape index (κ1) is 33.5. The average molecular weight is 659 g/mol. The van der Waals surface area contributed by atoms with Gasteiger partial charge in [0, 0.05) is 32.1 Å². The number of hydrogen-bond acceptors (Lipinski definition) is 5. The van der Waals surface area contributed by atoms with Crippen LogP contribution in [0.2, 0.25) is 10.0 Å². The van der Waals surface area contributed by atoms with Gasteiger partial charge in [0.1, 0.15) is 11.9 Å². The van der Waals surface area contributed by atoms with Gasteiger partial charge in [0.2, 0.25) is 21.8 Å². The van der Waals surface area contributed by atoms with Gasteiger partial charge in [-0.2, -0.15) is 4.72 Å². The smallest absolute Gasteiger partial charge is 0.241 e. The number of nitrogens with two attached hydrogens (primary N) is 1. The molecular weight excluding hydrogens is 621 g/mol. The molecule has 0 radical (unpaired) electrons. The van der Waals surface area contributed by atoms with Gasteiger partial charge in [-0.3, -0.25) is 15.0 Å². The molecule has 0 aromatic heterocycles. The number of amidine groups is 1. The third-order valence-corrected chi connectivity index (χ3v) is 10.1. The van der Waals surface area contributed by atoms with Crippen molar-refractivity contribution in [3.8, 4) is 11.1 Å². The molecule has 1 atom stereocenters. The predicted molar refractivity (Wildman–Crippen MR) is 174 cm³/mol. The Bertz CT molecular complexity index is 1620. The van der Waals surface area contributed by atoms with E-state index in [1.54, 1.807) is 66.5 Å². The van der Waals surface area contributed by atoms with Crippen LogP contribution in [0.25, 0.3) is 11.1 Å². The highest BCUT2D eigenvalue weighted by atomic mass is 35.5. The molecule has 0 bridgehead atoms. The molecule has 1 saturated heterocycles. The lowest BCUT2D eigenvalue weighted by Crippen LogP contribution is -2.51. The second-order valence-electron chi connectivity index (χ2n) is 11.0. The van der Waals surface area contributed by atoms with E-state index < -0.39 is 16.1 Å². The Morgan fingerprint density at radius 3 is 2.39 bits per heavy atom. The highest BCUT2D eigenvalue weighted by molar-refractivity contribution is 7.89. The minimum absolute atomic E-state index is 0.00573. The van der Waals surface area contributed by atoms with Crippen LogP contribution in [0.5, 0.6) is 0 Å². The van der Waals surface area contributed by atoms with Crippen molar-refractivity contribution >= 4 is 50.9 Å². The van der Waals surface area contributed by atoms with Crippen molar-refractivity contribution in [2.45, 2.75) is 49.5 Å². The van der Waals surface area contributed by atoms with Crippen LogP contribution in [-0.4, -0.2) is 57.1 Å². The molecule has 1 aliphatic rings. The molecule has 0 unspecified atom stereocenters. The summed E-state index contributed by atoms with van der Waals surface area (Å²) in [6, 6.07) is 17.3. The molecule has 0 spiro atoms. The van der Waals surface area contributed by atoms with E-state index in [0.29, 0.717) is 57.7 Å². The summed E-state index contributed by atoms with van der Waals surface area (Å²) < 4.78 is 30.1. The maximum absolute atomic E-state index is 13.9. The van der Waals surface area contributed by atoms with Crippen LogP contribution in [0.15, 0.2) is 71.6 Å². The van der Waals surface area contributed by atoms with E-state index in [1.165, 1.54) is 12.1 Å². The van der Waals surface area contributed by atoms with E-state index >= 15 is 0 Å². The average Bonchev–Trinajstić information content (AvgIpc) is 3.02. The number of sulfonamides is 1. The summed E-state index contributed by atoms with van der Waals surface area (Å²) in [5.74, 6) is -0.0153. The lowest BCUT2D eigenvalue weighted by molar-refractivity contribution is -0.134. The molecule has 1 heterocycles. The van der Waals surface area contributed by atoms with Gasteiger partial charge in [0.25, 0.3) is 0 Å². The third kappa shape index (κ3) is 8.81. The Morgan fingerprint density at radius 1 is 1.00 bits per heavy atom. The van der Waals surface area contributed by atoms with Crippen LogP contribution in [-0.2, 0) is 26.0 Å². The second-order valence-corrected chi connectivity index (χ2v) is 13.5. The van der Waals surface area contributed by atoms with Crippen molar-refractivity contribution in [2.75, 3.05) is 20.1 Å². The van der Waals surface area contributed by atoms with E-state index in [0.717, 1.165) is 25.7 Å². The summed E-state index contributed by atoms with van der Waals surface area (Å²) in [4.78, 5) is 27.2. The molecule has 44 heavy (non-hydrogen) atoms. The molecule has 0 aliphatic carbocycles. The molecule has 5 N–H and O–H groups in total. The normalized spacial score (nSPS) is 14.7. The number of piperidine rings is 1. The number of carbonyl (C=O) groups excluding carboxylic acids is 2. The molecule has 1 fully saturated rings. The topological polar surface area (TPSA) is 145 Å². The lowest BCUT2D eigenvalue weighted by Gasteiger charge is -2.34. The molecule has 0 saturated carbocycles. The summed E-state index contributed by atoms with van der Waals surface area (Å²) in [6.07, 6.45) is 3.81. The number of nitrogens with zero attached hydrogens (tertiary/aromatic N) is 1. The van der Waals surface area contributed by atoms with Crippen molar-refractivity contribution < 1.29 is 18.0 Å². The molecule has 1 aliphatic heterocycles. The molecule has 9 nitrogen and oxygen atoms in total. The fourth-order valence-corrected chi connectivity index (χ4v) is 6.93. The summed E-state index contributed by atoms with van der Waals surface area (Å²) in [7, 11) is -2.51. The van der Waals surface area contributed by atoms with Crippen molar-refractivity contribution in [1.82, 2.24) is 14.9 Å². The largest absolute Gasteiger partial charge is 0.384 e. The summed E-state index contributed by atoms with van der Waals surface area (Å²) >= 11 is 12.2. The number of benzene rings is 3. The molecule has 2 amide bonds. The van der Waals surface area contributed by atoms with E-state index in [4.69, 9.17) is 34.3 Å².